The third-order valence-corrected chi connectivity index (χ3v) is 4.89. The van der Waals surface area contributed by atoms with Crippen LogP contribution in [0.25, 0.3) is 10.6 Å². The highest BCUT2D eigenvalue weighted by molar-refractivity contribution is 7.15. The Bertz CT molecular complexity index is 648. The van der Waals surface area contributed by atoms with Crippen molar-refractivity contribution in [2.75, 3.05) is 7.11 Å². The molecule has 0 fully saturated rings. The minimum Gasteiger partial charge on any atom is -0.465 e. The van der Waals surface area contributed by atoms with E-state index >= 15 is 0 Å². The average Bonchev–Trinajstić information content (AvgIpc) is 2.89. The van der Waals surface area contributed by atoms with Gasteiger partial charge >= 0.3 is 5.97 Å². The summed E-state index contributed by atoms with van der Waals surface area (Å²) in [6.45, 7) is 2.29. The van der Waals surface area contributed by atoms with Crippen molar-refractivity contribution in [3.8, 4) is 10.6 Å². The lowest BCUT2D eigenvalue weighted by Crippen LogP contribution is -2.09. The Balaban J connectivity index is 1.95. The normalized spacial score (nSPS) is 17.6. The fourth-order valence-corrected chi connectivity index (χ4v) is 3.83. The predicted molar refractivity (Wildman–Crippen MR) is 80.1 cm³/mol. The summed E-state index contributed by atoms with van der Waals surface area (Å²) in [5.74, 6) is 0.444. The molecule has 20 heavy (non-hydrogen) atoms. The second-order valence-electron chi connectivity index (χ2n) is 5.31. The van der Waals surface area contributed by atoms with E-state index in [1.54, 1.807) is 17.4 Å². The van der Waals surface area contributed by atoms with E-state index in [9.17, 15) is 4.79 Å². The zero-order valence-corrected chi connectivity index (χ0v) is 12.5. The summed E-state index contributed by atoms with van der Waals surface area (Å²) in [5, 5.41) is 1.01. The van der Waals surface area contributed by atoms with Gasteiger partial charge in [0.1, 0.15) is 5.01 Å². The van der Waals surface area contributed by atoms with Crippen molar-refractivity contribution >= 4 is 17.3 Å². The molecule has 3 nitrogen and oxygen atoms in total. The Hall–Kier alpha value is -1.68. The molecular formula is C16H17NO2S. The summed E-state index contributed by atoms with van der Waals surface area (Å²) < 4.78 is 4.77. The first-order valence-corrected chi connectivity index (χ1v) is 7.66. The van der Waals surface area contributed by atoms with Gasteiger partial charge < -0.3 is 4.74 Å². The van der Waals surface area contributed by atoms with Gasteiger partial charge in [0, 0.05) is 10.4 Å². The smallest absolute Gasteiger partial charge is 0.337 e. The van der Waals surface area contributed by atoms with E-state index < -0.39 is 0 Å². The van der Waals surface area contributed by atoms with E-state index in [-0.39, 0.29) is 5.97 Å². The molecule has 3 rings (SSSR count). The van der Waals surface area contributed by atoms with Gasteiger partial charge in [-0.25, -0.2) is 9.78 Å². The highest BCUT2D eigenvalue weighted by atomic mass is 32.1. The Morgan fingerprint density at radius 3 is 3.10 bits per heavy atom. The number of fused-ring (bicyclic) bond motifs is 1. The van der Waals surface area contributed by atoms with Crippen LogP contribution in [0.3, 0.4) is 0 Å². The summed E-state index contributed by atoms with van der Waals surface area (Å²) in [6, 6.07) is 7.51. The highest BCUT2D eigenvalue weighted by Crippen LogP contribution is 2.34. The number of nitrogens with zero attached hydrogens (tertiary/aromatic N) is 1. The molecule has 0 aliphatic heterocycles. The molecule has 0 N–H and O–H groups in total. The van der Waals surface area contributed by atoms with Crippen LogP contribution in [0, 0.1) is 5.92 Å². The van der Waals surface area contributed by atoms with Crippen molar-refractivity contribution < 1.29 is 9.53 Å². The number of ether oxygens (including phenoxy) is 1. The van der Waals surface area contributed by atoms with Gasteiger partial charge in [0.2, 0.25) is 0 Å². The van der Waals surface area contributed by atoms with Crippen LogP contribution in [-0.4, -0.2) is 18.1 Å². The fourth-order valence-electron chi connectivity index (χ4n) is 2.56. The Morgan fingerprint density at radius 2 is 2.30 bits per heavy atom. The fraction of sp³-hybridized carbons (Fsp3) is 0.375. The molecule has 0 radical (unpaired) electrons. The molecule has 1 unspecified atom stereocenters. The van der Waals surface area contributed by atoms with Crippen molar-refractivity contribution in [3.05, 3.63) is 40.4 Å². The summed E-state index contributed by atoms with van der Waals surface area (Å²) in [5.41, 5.74) is 2.82. The summed E-state index contributed by atoms with van der Waals surface area (Å²) in [6.07, 6.45) is 3.42. The largest absolute Gasteiger partial charge is 0.465 e. The molecule has 1 aromatic heterocycles. The molecule has 1 aliphatic rings. The van der Waals surface area contributed by atoms with E-state index in [1.165, 1.54) is 24.1 Å². The number of benzene rings is 1. The van der Waals surface area contributed by atoms with Crippen molar-refractivity contribution in [1.82, 2.24) is 4.98 Å². The zero-order valence-electron chi connectivity index (χ0n) is 11.7. The van der Waals surface area contributed by atoms with Crippen LogP contribution in [0.4, 0.5) is 0 Å². The van der Waals surface area contributed by atoms with Crippen molar-refractivity contribution in [2.45, 2.75) is 26.2 Å². The summed E-state index contributed by atoms with van der Waals surface area (Å²) in [4.78, 5) is 17.7. The first kappa shape index (κ1) is 13.3. The Labute approximate surface area is 122 Å². The first-order valence-electron chi connectivity index (χ1n) is 6.84. The maximum atomic E-state index is 11.6. The van der Waals surface area contributed by atoms with E-state index in [0.29, 0.717) is 5.56 Å². The molecule has 1 heterocycles. The van der Waals surface area contributed by atoms with Gasteiger partial charge in [0.15, 0.2) is 0 Å². The number of carbonyl (C=O) groups is 1. The SMILES string of the molecule is COC(=O)c1cccc(-c2nc3c(s2)CC(C)CC3)c1. The monoisotopic (exact) mass is 287 g/mol. The molecular weight excluding hydrogens is 270 g/mol. The lowest BCUT2D eigenvalue weighted by atomic mass is 9.93. The standard InChI is InChI=1S/C16H17NO2S/c1-10-6-7-13-14(8-10)20-15(17-13)11-4-3-5-12(9-11)16(18)19-2/h3-5,9-10H,6-8H2,1-2H3. The van der Waals surface area contributed by atoms with Crippen LogP contribution in [0.15, 0.2) is 24.3 Å². The molecule has 2 aromatic rings. The zero-order chi connectivity index (χ0) is 14.1. The van der Waals surface area contributed by atoms with Crippen molar-refractivity contribution in [3.63, 3.8) is 0 Å². The third kappa shape index (κ3) is 2.48. The number of rotatable bonds is 2. The quantitative estimate of drug-likeness (QED) is 0.790. The van der Waals surface area contributed by atoms with Crippen LogP contribution in [0.1, 0.15) is 34.3 Å². The van der Waals surface area contributed by atoms with Gasteiger partial charge in [-0.1, -0.05) is 19.1 Å². The maximum Gasteiger partial charge on any atom is 0.337 e. The van der Waals surface area contributed by atoms with Crippen LogP contribution < -0.4 is 0 Å². The van der Waals surface area contributed by atoms with Gasteiger partial charge in [-0.3, -0.25) is 0 Å². The number of hydrogen-bond donors (Lipinski definition) is 0. The van der Waals surface area contributed by atoms with Crippen LogP contribution >= 0.6 is 11.3 Å². The molecule has 0 spiro atoms. The molecule has 4 heteroatoms. The molecule has 104 valence electrons. The van der Waals surface area contributed by atoms with E-state index in [2.05, 4.69) is 6.92 Å². The number of aryl methyl sites for hydroxylation is 1. The van der Waals surface area contributed by atoms with Gasteiger partial charge in [0.05, 0.1) is 18.4 Å². The lowest BCUT2D eigenvalue weighted by Gasteiger charge is -2.15. The number of hydrogen-bond acceptors (Lipinski definition) is 4. The van der Waals surface area contributed by atoms with Crippen molar-refractivity contribution in [1.29, 1.82) is 0 Å². The van der Waals surface area contributed by atoms with Crippen LogP contribution in [0.5, 0.6) is 0 Å². The minimum atomic E-state index is -0.304. The lowest BCUT2D eigenvalue weighted by molar-refractivity contribution is 0.0601. The summed E-state index contributed by atoms with van der Waals surface area (Å²) in [7, 11) is 1.40. The Kier molecular flexibility index (Phi) is 3.57. The number of thiazole rings is 1. The molecule has 1 aliphatic carbocycles. The van der Waals surface area contributed by atoms with Gasteiger partial charge in [-0.15, -0.1) is 11.3 Å². The van der Waals surface area contributed by atoms with Crippen molar-refractivity contribution in [2.24, 2.45) is 5.92 Å². The molecule has 1 atom stereocenters. The maximum absolute atomic E-state index is 11.6. The molecule has 0 amide bonds. The van der Waals surface area contributed by atoms with E-state index in [0.717, 1.165) is 29.3 Å². The van der Waals surface area contributed by atoms with Gasteiger partial charge in [-0.05, 0) is 37.3 Å². The minimum absolute atomic E-state index is 0.304. The number of aromatic nitrogens is 1. The third-order valence-electron chi connectivity index (χ3n) is 3.72. The second kappa shape index (κ2) is 5.37. The number of carbonyl (C=O) groups excluding carboxylic acids is 1. The average molecular weight is 287 g/mol. The van der Waals surface area contributed by atoms with E-state index in [4.69, 9.17) is 9.72 Å². The topological polar surface area (TPSA) is 39.2 Å². The van der Waals surface area contributed by atoms with Crippen LogP contribution in [0.2, 0.25) is 0 Å². The predicted octanol–water partition coefficient (Wildman–Crippen LogP) is 3.72. The molecule has 0 saturated heterocycles. The first-order chi connectivity index (χ1) is 9.67. The Morgan fingerprint density at radius 1 is 1.45 bits per heavy atom. The molecule has 0 bridgehead atoms. The van der Waals surface area contributed by atoms with Gasteiger partial charge in [-0.2, -0.15) is 0 Å². The molecule has 1 aromatic carbocycles. The van der Waals surface area contributed by atoms with E-state index in [1.807, 2.05) is 18.2 Å². The molecule has 0 saturated carbocycles. The summed E-state index contributed by atoms with van der Waals surface area (Å²) >= 11 is 1.76. The highest BCUT2D eigenvalue weighted by Gasteiger charge is 2.20. The van der Waals surface area contributed by atoms with Crippen LogP contribution in [-0.2, 0) is 17.6 Å². The number of methoxy groups -OCH3 is 1. The number of esters is 1. The second-order valence-corrected chi connectivity index (χ2v) is 6.39. The van der Waals surface area contributed by atoms with Gasteiger partial charge in [0.25, 0.3) is 0 Å².